The lowest BCUT2D eigenvalue weighted by molar-refractivity contribution is -0.0215. The standard InChI is InChI=1S/C11H19NO/c1-7(2)5-11(3,13)10-8-4-9(10)12-6-8/h5,8-10,12-13H,4,6H2,1-3H3. The van der Waals surface area contributed by atoms with Crippen molar-refractivity contribution in [3.8, 4) is 0 Å². The summed E-state index contributed by atoms with van der Waals surface area (Å²) < 4.78 is 0. The zero-order valence-corrected chi connectivity index (χ0v) is 8.67. The van der Waals surface area contributed by atoms with Crippen LogP contribution < -0.4 is 5.32 Å². The summed E-state index contributed by atoms with van der Waals surface area (Å²) in [6.07, 6.45) is 3.27. The SMILES string of the molecule is CC(C)=CC(C)(O)C1C2CNC1C2. The van der Waals surface area contributed by atoms with E-state index in [-0.39, 0.29) is 0 Å². The average molecular weight is 181 g/mol. The Bertz CT molecular complexity index is 226. The minimum Gasteiger partial charge on any atom is -0.386 e. The zero-order valence-electron chi connectivity index (χ0n) is 8.67. The molecular weight excluding hydrogens is 162 g/mol. The second-order valence-corrected chi connectivity index (χ2v) is 4.98. The van der Waals surface area contributed by atoms with Crippen LogP contribution in [0, 0.1) is 11.8 Å². The van der Waals surface area contributed by atoms with Crippen molar-refractivity contribution in [3.05, 3.63) is 11.6 Å². The third-order valence-electron chi connectivity index (χ3n) is 3.40. The summed E-state index contributed by atoms with van der Waals surface area (Å²) in [7, 11) is 0. The van der Waals surface area contributed by atoms with E-state index in [1.807, 2.05) is 26.8 Å². The van der Waals surface area contributed by atoms with Gasteiger partial charge in [-0.2, -0.15) is 0 Å². The van der Waals surface area contributed by atoms with Crippen molar-refractivity contribution in [2.45, 2.75) is 38.8 Å². The summed E-state index contributed by atoms with van der Waals surface area (Å²) in [5.74, 6) is 1.15. The quantitative estimate of drug-likeness (QED) is 0.630. The molecule has 2 heterocycles. The van der Waals surface area contributed by atoms with Crippen LogP contribution in [-0.2, 0) is 0 Å². The van der Waals surface area contributed by atoms with E-state index in [4.69, 9.17) is 0 Å². The lowest BCUT2D eigenvalue weighted by Gasteiger charge is -2.43. The van der Waals surface area contributed by atoms with Crippen molar-refractivity contribution in [1.29, 1.82) is 0 Å². The minimum absolute atomic E-state index is 0.447. The van der Waals surface area contributed by atoms with Crippen LogP contribution in [0.2, 0.25) is 0 Å². The average Bonchev–Trinajstić information content (AvgIpc) is 2.35. The maximum absolute atomic E-state index is 10.3. The van der Waals surface area contributed by atoms with Gasteiger partial charge in [0, 0.05) is 12.0 Å². The van der Waals surface area contributed by atoms with Crippen LogP contribution in [0.4, 0.5) is 0 Å². The summed E-state index contributed by atoms with van der Waals surface area (Å²) in [5.41, 5.74) is 0.604. The fourth-order valence-corrected chi connectivity index (χ4v) is 3.04. The molecular formula is C11H19NO. The van der Waals surface area contributed by atoms with Crippen LogP contribution in [0.25, 0.3) is 0 Å². The Morgan fingerprint density at radius 2 is 2.23 bits per heavy atom. The van der Waals surface area contributed by atoms with E-state index in [2.05, 4.69) is 5.32 Å². The Hall–Kier alpha value is -0.340. The normalized spacial score (nSPS) is 40.8. The number of fused-ring (bicyclic) bond motifs is 1. The van der Waals surface area contributed by atoms with Gasteiger partial charge in [-0.15, -0.1) is 0 Å². The first-order valence-corrected chi connectivity index (χ1v) is 5.12. The highest BCUT2D eigenvalue weighted by molar-refractivity contribution is 5.17. The molecule has 1 aliphatic carbocycles. The largest absolute Gasteiger partial charge is 0.386 e. The predicted molar refractivity (Wildman–Crippen MR) is 53.4 cm³/mol. The number of nitrogens with one attached hydrogen (secondary N) is 1. The molecule has 2 bridgehead atoms. The molecule has 2 N–H and O–H groups in total. The molecule has 0 aromatic heterocycles. The van der Waals surface area contributed by atoms with Gasteiger partial charge in [0.05, 0.1) is 5.60 Å². The van der Waals surface area contributed by atoms with Crippen LogP contribution in [0.15, 0.2) is 11.6 Å². The third-order valence-corrected chi connectivity index (χ3v) is 3.40. The summed E-state index contributed by atoms with van der Waals surface area (Å²) in [5, 5.41) is 13.7. The molecule has 2 aliphatic heterocycles. The second kappa shape index (κ2) is 2.82. The Morgan fingerprint density at radius 1 is 1.54 bits per heavy atom. The first kappa shape index (κ1) is 9.22. The Morgan fingerprint density at radius 3 is 2.62 bits per heavy atom. The maximum atomic E-state index is 10.3. The molecule has 3 fully saturated rings. The summed E-state index contributed by atoms with van der Waals surface area (Å²) in [4.78, 5) is 0. The van der Waals surface area contributed by atoms with Crippen LogP contribution in [-0.4, -0.2) is 23.3 Å². The molecule has 74 valence electrons. The lowest BCUT2D eigenvalue weighted by Crippen LogP contribution is -2.50. The molecule has 0 spiro atoms. The molecule has 4 atom stereocenters. The molecule has 0 aromatic carbocycles. The lowest BCUT2D eigenvalue weighted by atomic mass is 9.65. The van der Waals surface area contributed by atoms with Crippen LogP contribution >= 0.6 is 0 Å². The topological polar surface area (TPSA) is 32.3 Å². The first-order chi connectivity index (χ1) is 6.00. The van der Waals surface area contributed by atoms with Gasteiger partial charge >= 0.3 is 0 Å². The number of aliphatic hydroxyl groups is 1. The molecule has 3 rings (SSSR count). The van der Waals surface area contributed by atoms with Gasteiger partial charge in [-0.05, 0) is 39.7 Å². The summed E-state index contributed by atoms with van der Waals surface area (Å²) >= 11 is 0. The Balaban J connectivity index is 2.12. The van der Waals surface area contributed by atoms with E-state index in [1.54, 1.807) is 0 Å². The van der Waals surface area contributed by atoms with Gasteiger partial charge in [-0.1, -0.05) is 11.6 Å². The number of hydrogen-bond donors (Lipinski definition) is 2. The zero-order chi connectivity index (χ0) is 9.64. The first-order valence-electron chi connectivity index (χ1n) is 5.12. The molecule has 3 aliphatic rings. The molecule has 13 heavy (non-hydrogen) atoms. The van der Waals surface area contributed by atoms with Crippen molar-refractivity contribution in [3.63, 3.8) is 0 Å². The van der Waals surface area contributed by atoms with Gasteiger partial charge in [0.15, 0.2) is 0 Å². The van der Waals surface area contributed by atoms with Gasteiger partial charge in [0.25, 0.3) is 0 Å². The molecule has 0 radical (unpaired) electrons. The van der Waals surface area contributed by atoms with Gasteiger partial charge in [0.2, 0.25) is 0 Å². The summed E-state index contributed by atoms with van der Waals surface area (Å²) in [6, 6.07) is 0.565. The fraction of sp³-hybridized carbons (Fsp3) is 0.818. The molecule has 2 saturated heterocycles. The molecule has 0 amide bonds. The van der Waals surface area contributed by atoms with Crippen LogP contribution in [0.3, 0.4) is 0 Å². The Kier molecular flexibility index (Phi) is 2.00. The third kappa shape index (κ3) is 1.42. The van der Waals surface area contributed by atoms with Crippen molar-refractivity contribution < 1.29 is 5.11 Å². The predicted octanol–water partition coefficient (Wildman–Crippen LogP) is 1.31. The fourth-order valence-electron chi connectivity index (χ4n) is 3.04. The molecule has 2 heteroatoms. The number of allylic oxidation sites excluding steroid dienone is 1. The van der Waals surface area contributed by atoms with E-state index >= 15 is 0 Å². The molecule has 2 nitrogen and oxygen atoms in total. The van der Waals surface area contributed by atoms with Crippen LogP contribution in [0.5, 0.6) is 0 Å². The van der Waals surface area contributed by atoms with Gasteiger partial charge < -0.3 is 10.4 Å². The van der Waals surface area contributed by atoms with Gasteiger partial charge in [-0.25, -0.2) is 0 Å². The van der Waals surface area contributed by atoms with Crippen molar-refractivity contribution in [1.82, 2.24) is 5.32 Å². The second-order valence-electron chi connectivity index (χ2n) is 4.98. The van der Waals surface area contributed by atoms with E-state index < -0.39 is 5.60 Å². The highest BCUT2D eigenvalue weighted by atomic mass is 16.3. The molecule has 0 aromatic rings. The van der Waals surface area contributed by atoms with E-state index in [9.17, 15) is 5.11 Å². The highest BCUT2D eigenvalue weighted by Gasteiger charge is 2.53. The highest BCUT2D eigenvalue weighted by Crippen LogP contribution is 2.46. The van der Waals surface area contributed by atoms with Crippen molar-refractivity contribution in [2.75, 3.05) is 6.54 Å². The Labute approximate surface area is 80.0 Å². The van der Waals surface area contributed by atoms with Gasteiger partial charge in [0.1, 0.15) is 0 Å². The monoisotopic (exact) mass is 181 g/mol. The molecule has 4 unspecified atom stereocenters. The van der Waals surface area contributed by atoms with E-state index in [0.717, 1.165) is 6.54 Å². The van der Waals surface area contributed by atoms with Crippen LogP contribution in [0.1, 0.15) is 27.2 Å². The van der Waals surface area contributed by atoms with Crippen molar-refractivity contribution >= 4 is 0 Å². The van der Waals surface area contributed by atoms with E-state index in [1.165, 1.54) is 12.0 Å². The smallest absolute Gasteiger partial charge is 0.0848 e. The van der Waals surface area contributed by atoms with E-state index in [0.29, 0.717) is 17.9 Å². The maximum Gasteiger partial charge on any atom is 0.0848 e. The minimum atomic E-state index is -0.601. The number of hydrogen-bond acceptors (Lipinski definition) is 2. The molecule has 1 saturated carbocycles. The number of rotatable bonds is 2. The van der Waals surface area contributed by atoms with Crippen molar-refractivity contribution in [2.24, 2.45) is 11.8 Å². The van der Waals surface area contributed by atoms with Gasteiger partial charge in [-0.3, -0.25) is 0 Å². The summed E-state index contributed by atoms with van der Waals surface area (Å²) in [6.45, 7) is 7.13.